The average Bonchev–Trinajstić information content (AvgIpc) is 3.31. The first-order valence-corrected chi connectivity index (χ1v) is 10.3. The Balaban J connectivity index is 2.17. The van der Waals surface area contributed by atoms with Gasteiger partial charge in [-0.05, 0) is 50.1 Å². The lowest BCUT2D eigenvalue weighted by Gasteiger charge is -2.15. The van der Waals surface area contributed by atoms with Crippen LogP contribution in [0.4, 0.5) is 0 Å². The van der Waals surface area contributed by atoms with Crippen molar-refractivity contribution in [2.45, 2.75) is 33.7 Å². The van der Waals surface area contributed by atoms with Crippen molar-refractivity contribution in [2.24, 2.45) is 4.99 Å². The maximum absolute atomic E-state index is 13.3. The Hall–Kier alpha value is -4.01. The Labute approximate surface area is 182 Å². The summed E-state index contributed by atoms with van der Waals surface area (Å²) < 4.78 is 13.4. The number of amides is 1. The third-order valence-electron chi connectivity index (χ3n) is 4.99. The molecule has 0 unspecified atom stereocenters. The normalized spacial score (nSPS) is 11.9. The van der Waals surface area contributed by atoms with Crippen molar-refractivity contribution >= 4 is 28.6 Å². The van der Waals surface area contributed by atoms with Gasteiger partial charge in [0.05, 0.1) is 18.3 Å². The number of ether oxygens (including phenoxy) is 1. The highest BCUT2D eigenvalue weighted by atomic mass is 16.5. The molecule has 0 aliphatic carbocycles. The van der Waals surface area contributed by atoms with Gasteiger partial charge in [0, 0.05) is 12.7 Å². The first kappa shape index (κ1) is 21.2. The van der Waals surface area contributed by atoms with Crippen molar-refractivity contribution in [3.05, 3.63) is 75.5 Å². The summed E-state index contributed by atoms with van der Waals surface area (Å²) >= 11 is 0. The summed E-state index contributed by atoms with van der Waals surface area (Å²) in [5.41, 5.74) is 1.40. The number of fused-ring (bicyclic) bond motifs is 2. The van der Waals surface area contributed by atoms with Crippen LogP contribution in [-0.4, -0.2) is 32.4 Å². The number of esters is 1. The summed E-state index contributed by atoms with van der Waals surface area (Å²) in [6.45, 7) is 5.98. The van der Waals surface area contributed by atoms with Crippen molar-refractivity contribution in [1.29, 1.82) is 0 Å². The highest BCUT2D eigenvalue weighted by Crippen LogP contribution is 2.14. The molecule has 0 fully saturated rings. The zero-order chi connectivity index (χ0) is 22.8. The standard InChI is InChI=1S/C23H22N4O5/c1-4-10-26-19-15(22(29)27-11-6-8-14(3)18(27)24-19)13-16(23(30)31-5-2)20(26)25-21(28)17-9-7-12-32-17/h6-9,11-13H,4-5,10H2,1-3H3. The number of carbonyl (C=O) groups is 2. The van der Waals surface area contributed by atoms with Gasteiger partial charge < -0.3 is 13.7 Å². The largest absolute Gasteiger partial charge is 0.462 e. The third-order valence-corrected chi connectivity index (χ3v) is 4.99. The van der Waals surface area contributed by atoms with Gasteiger partial charge in [0.2, 0.25) is 0 Å². The number of hydrogen-bond donors (Lipinski definition) is 0. The number of furan rings is 1. The number of nitrogens with zero attached hydrogens (tertiary/aromatic N) is 4. The van der Waals surface area contributed by atoms with Crippen LogP contribution in [0.2, 0.25) is 0 Å². The number of rotatable bonds is 5. The summed E-state index contributed by atoms with van der Waals surface area (Å²) in [6, 6.07) is 8.08. The topological polar surface area (TPSA) is 108 Å². The molecule has 0 atom stereocenters. The van der Waals surface area contributed by atoms with E-state index >= 15 is 0 Å². The molecule has 1 amide bonds. The van der Waals surface area contributed by atoms with Crippen LogP contribution in [0.5, 0.6) is 0 Å². The minimum Gasteiger partial charge on any atom is -0.462 e. The second-order valence-electron chi connectivity index (χ2n) is 7.19. The van der Waals surface area contributed by atoms with E-state index in [0.717, 1.165) is 5.56 Å². The molecule has 4 aromatic heterocycles. The molecular weight excluding hydrogens is 412 g/mol. The van der Waals surface area contributed by atoms with Crippen molar-refractivity contribution in [3.8, 4) is 0 Å². The van der Waals surface area contributed by atoms with Crippen LogP contribution in [0.25, 0.3) is 16.7 Å². The molecule has 0 saturated carbocycles. The van der Waals surface area contributed by atoms with Gasteiger partial charge in [0.1, 0.15) is 16.9 Å². The van der Waals surface area contributed by atoms with Gasteiger partial charge >= 0.3 is 11.9 Å². The van der Waals surface area contributed by atoms with E-state index in [4.69, 9.17) is 14.1 Å². The highest BCUT2D eigenvalue weighted by Gasteiger charge is 2.20. The Morgan fingerprint density at radius 2 is 2.00 bits per heavy atom. The molecule has 9 nitrogen and oxygen atoms in total. The van der Waals surface area contributed by atoms with Gasteiger partial charge in [-0.25, -0.2) is 9.78 Å². The minimum atomic E-state index is -0.681. The molecule has 0 saturated heterocycles. The van der Waals surface area contributed by atoms with E-state index in [2.05, 4.69) is 4.99 Å². The molecule has 4 heterocycles. The molecule has 0 bridgehead atoms. The monoisotopic (exact) mass is 434 g/mol. The Bertz CT molecular complexity index is 1460. The summed E-state index contributed by atoms with van der Waals surface area (Å²) in [7, 11) is 0. The fourth-order valence-corrected chi connectivity index (χ4v) is 3.55. The molecule has 4 aromatic rings. The molecule has 0 radical (unpaired) electrons. The molecule has 0 spiro atoms. The fourth-order valence-electron chi connectivity index (χ4n) is 3.55. The summed E-state index contributed by atoms with van der Waals surface area (Å²) in [5.74, 6) is -1.30. The molecule has 0 aromatic carbocycles. The van der Waals surface area contributed by atoms with Crippen molar-refractivity contribution in [1.82, 2.24) is 14.0 Å². The number of aryl methyl sites for hydroxylation is 2. The van der Waals surface area contributed by atoms with Gasteiger partial charge in [-0.3, -0.25) is 14.0 Å². The summed E-state index contributed by atoms with van der Waals surface area (Å²) in [4.78, 5) is 47.7. The number of hydrogen-bond acceptors (Lipinski definition) is 6. The smallest absolute Gasteiger partial charge is 0.341 e. The zero-order valence-electron chi connectivity index (χ0n) is 18.0. The predicted molar refractivity (Wildman–Crippen MR) is 117 cm³/mol. The van der Waals surface area contributed by atoms with Gasteiger partial charge in [-0.1, -0.05) is 13.0 Å². The lowest BCUT2D eigenvalue weighted by Crippen LogP contribution is -2.32. The van der Waals surface area contributed by atoms with Gasteiger partial charge in [0.15, 0.2) is 11.2 Å². The minimum absolute atomic E-state index is 0.0132. The van der Waals surface area contributed by atoms with E-state index in [1.165, 1.54) is 22.8 Å². The average molecular weight is 434 g/mol. The molecular formula is C23H22N4O5. The van der Waals surface area contributed by atoms with Gasteiger partial charge in [-0.15, -0.1) is 0 Å². The lowest BCUT2D eigenvalue weighted by atomic mass is 10.2. The van der Waals surface area contributed by atoms with Crippen molar-refractivity contribution in [3.63, 3.8) is 0 Å². The van der Waals surface area contributed by atoms with Gasteiger partial charge in [0.25, 0.3) is 5.56 Å². The van der Waals surface area contributed by atoms with E-state index in [1.807, 2.05) is 19.9 Å². The first-order chi connectivity index (χ1) is 15.5. The summed E-state index contributed by atoms with van der Waals surface area (Å²) in [5, 5.41) is 0.231. The van der Waals surface area contributed by atoms with E-state index in [-0.39, 0.29) is 34.4 Å². The van der Waals surface area contributed by atoms with E-state index in [0.29, 0.717) is 24.3 Å². The maximum Gasteiger partial charge on any atom is 0.341 e. The maximum atomic E-state index is 13.3. The second kappa shape index (κ2) is 8.62. The van der Waals surface area contributed by atoms with Crippen LogP contribution in [0.15, 0.2) is 57.0 Å². The zero-order valence-corrected chi connectivity index (χ0v) is 18.0. The molecule has 32 heavy (non-hydrogen) atoms. The molecule has 164 valence electrons. The van der Waals surface area contributed by atoms with Crippen LogP contribution in [0.1, 0.15) is 46.7 Å². The van der Waals surface area contributed by atoms with E-state index in [9.17, 15) is 14.4 Å². The van der Waals surface area contributed by atoms with Crippen LogP contribution >= 0.6 is 0 Å². The molecule has 0 N–H and O–H groups in total. The van der Waals surface area contributed by atoms with E-state index in [1.54, 1.807) is 29.8 Å². The van der Waals surface area contributed by atoms with Gasteiger partial charge in [-0.2, -0.15) is 4.99 Å². The second-order valence-corrected chi connectivity index (χ2v) is 7.19. The van der Waals surface area contributed by atoms with Crippen LogP contribution in [0, 0.1) is 6.92 Å². The molecule has 9 heteroatoms. The quantitative estimate of drug-likeness (QED) is 0.353. The fraction of sp³-hybridized carbons (Fsp3) is 0.261. The number of carbonyl (C=O) groups excluding carboxylic acids is 2. The van der Waals surface area contributed by atoms with Crippen LogP contribution in [0.3, 0.4) is 0 Å². The van der Waals surface area contributed by atoms with Crippen molar-refractivity contribution in [2.75, 3.05) is 6.61 Å². The molecule has 0 aliphatic rings. The third kappa shape index (κ3) is 3.62. The Kier molecular flexibility index (Phi) is 5.72. The highest BCUT2D eigenvalue weighted by molar-refractivity contribution is 5.95. The van der Waals surface area contributed by atoms with Crippen LogP contribution < -0.4 is 11.0 Å². The SMILES string of the molecule is CCCn1c(=NC(=O)c2ccco2)c(C(=O)OCC)cc2c(=O)n3cccc(C)c3nc21. The van der Waals surface area contributed by atoms with Crippen LogP contribution in [-0.2, 0) is 11.3 Å². The summed E-state index contributed by atoms with van der Waals surface area (Å²) in [6.07, 6.45) is 3.65. The Morgan fingerprint density at radius 1 is 1.19 bits per heavy atom. The molecule has 4 rings (SSSR count). The first-order valence-electron chi connectivity index (χ1n) is 10.3. The number of pyridine rings is 2. The molecule has 0 aliphatic heterocycles. The number of aromatic nitrogens is 3. The predicted octanol–water partition coefficient (Wildman–Crippen LogP) is 2.88. The van der Waals surface area contributed by atoms with Crippen molar-refractivity contribution < 1.29 is 18.7 Å². The Morgan fingerprint density at radius 3 is 2.69 bits per heavy atom. The van der Waals surface area contributed by atoms with E-state index < -0.39 is 11.9 Å². The lowest BCUT2D eigenvalue weighted by molar-refractivity contribution is 0.0523.